The zero-order valence-electron chi connectivity index (χ0n) is 17.9. The molecule has 3 aromatic carbocycles. The average Bonchev–Trinajstić information content (AvgIpc) is 3.16. The van der Waals surface area contributed by atoms with Gasteiger partial charge in [0, 0.05) is 11.4 Å². The van der Waals surface area contributed by atoms with E-state index < -0.39 is 11.2 Å². The van der Waals surface area contributed by atoms with E-state index in [1.54, 1.807) is 55.6 Å². The molecule has 1 aliphatic heterocycles. The molecule has 0 aliphatic carbocycles. The molecule has 1 saturated heterocycles. The highest BCUT2D eigenvalue weighted by Gasteiger charge is 2.40. The molecule has 4 rings (SSSR count). The van der Waals surface area contributed by atoms with Crippen molar-refractivity contribution in [1.29, 1.82) is 5.26 Å². The summed E-state index contributed by atoms with van der Waals surface area (Å²) in [6, 6.07) is 27.6. The number of nitrogens with one attached hydrogen (secondary N) is 1. The summed E-state index contributed by atoms with van der Waals surface area (Å²) in [6.45, 7) is 0. The molecule has 1 fully saturated rings. The van der Waals surface area contributed by atoms with Crippen LogP contribution in [0.25, 0.3) is 0 Å². The van der Waals surface area contributed by atoms with Crippen molar-refractivity contribution >= 4 is 35.0 Å². The molecule has 0 saturated carbocycles. The van der Waals surface area contributed by atoms with Crippen LogP contribution >= 0.6 is 11.8 Å². The number of thioether (sulfide) groups is 1. The smallest absolute Gasteiger partial charge is 0.269 e. The maximum atomic E-state index is 13.5. The zero-order chi connectivity index (χ0) is 23.2. The van der Waals surface area contributed by atoms with Gasteiger partial charge >= 0.3 is 0 Å². The maximum absolute atomic E-state index is 13.5. The van der Waals surface area contributed by atoms with Crippen LogP contribution in [0.2, 0.25) is 0 Å². The van der Waals surface area contributed by atoms with Gasteiger partial charge in [0.25, 0.3) is 5.91 Å². The highest BCUT2D eigenvalue weighted by atomic mass is 32.2. The molecule has 164 valence electrons. The van der Waals surface area contributed by atoms with Gasteiger partial charge in [0.05, 0.1) is 12.4 Å². The predicted molar refractivity (Wildman–Crippen MR) is 130 cm³/mol. The highest BCUT2D eigenvalue weighted by Crippen LogP contribution is 2.42. The van der Waals surface area contributed by atoms with Crippen LogP contribution in [-0.2, 0) is 16.0 Å². The van der Waals surface area contributed by atoms with E-state index in [4.69, 9.17) is 4.74 Å². The van der Waals surface area contributed by atoms with E-state index in [2.05, 4.69) is 5.32 Å². The Kier molecular flexibility index (Phi) is 6.77. The largest absolute Gasteiger partial charge is 0.497 e. The van der Waals surface area contributed by atoms with Crippen LogP contribution in [0.15, 0.2) is 95.5 Å². The Balaban J connectivity index is 1.72. The minimum absolute atomic E-state index is 0.108. The van der Waals surface area contributed by atoms with Gasteiger partial charge in [-0.25, -0.2) is 0 Å². The molecule has 0 aromatic heterocycles. The van der Waals surface area contributed by atoms with E-state index in [0.29, 0.717) is 28.6 Å². The quantitative estimate of drug-likeness (QED) is 0.428. The van der Waals surface area contributed by atoms with Crippen molar-refractivity contribution in [3.63, 3.8) is 0 Å². The lowest BCUT2D eigenvalue weighted by Crippen LogP contribution is -2.30. The Hall–Kier alpha value is -4.02. The fourth-order valence-corrected chi connectivity index (χ4v) is 4.80. The first kappa shape index (κ1) is 22.2. The summed E-state index contributed by atoms with van der Waals surface area (Å²) in [6.07, 6.45) is 0.486. The second kappa shape index (κ2) is 10.1. The molecule has 1 N–H and O–H groups in total. The van der Waals surface area contributed by atoms with E-state index in [1.807, 2.05) is 42.5 Å². The van der Waals surface area contributed by atoms with Crippen LogP contribution in [-0.4, -0.2) is 24.2 Å². The normalized spacial score (nSPS) is 16.8. The number of methoxy groups -OCH3 is 1. The Morgan fingerprint density at radius 1 is 1.03 bits per heavy atom. The van der Waals surface area contributed by atoms with Gasteiger partial charge in [-0.1, -0.05) is 60.3 Å². The first-order chi connectivity index (χ1) is 16.1. The molecule has 0 spiro atoms. The van der Waals surface area contributed by atoms with Crippen LogP contribution < -0.4 is 15.0 Å². The summed E-state index contributed by atoms with van der Waals surface area (Å²) in [5.74, 6) is -0.0890. The summed E-state index contributed by atoms with van der Waals surface area (Å²) >= 11 is 1.24. The predicted octanol–water partition coefficient (Wildman–Crippen LogP) is 4.76. The van der Waals surface area contributed by atoms with Crippen LogP contribution in [0, 0.1) is 11.3 Å². The molecule has 0 radical (unpaired) electrons. The number of anilines is 2. The number of para-hydroxylation sites is 1. The third-order valence-electron chi connectivity index (χ3n) is 5.13. The molecular formula is C26H21N3O3S. The van der Waals surface area contributed by atoms with Crippen molar-refractivity contribution in [2.75, 3.05) is 17.3 Å². The first-order valence-corrected chi connectivity index (χ1v) is 11.2. The molecule has 7 heteroatoms. The monoisotopic (exact) mass is 455 g/mol. The number of ether oxygens (including phenoxy) is 1. The minimum atomic E-state index is -0.558. The van der Waals surface area contributed by atoms with E-state index in [-0.39, 0.29) is 11.5 Å². The van der Waals surface area contributed by atoms with E-state index in [9.17, 15) is 14.9 Å². The van der Waals surface area contributed by atoms with Crippen molar-refractivity contribution in [3.05, 3.63) is 101 Å². The van der Waals surface area contributed by atoms with Gasteiger partial charge in [0.1, 0.15) is 22.4 Å². The van der Waals surface area contributed by atoms with Crippen LogP contribution in [0.4, 0.5) is 11.4 Å². The lowest BCUT2D eigenvalue weighted by atomic mass is 10.1. The van der Waals surface area contributed by atoms with Gasteiger partial charge in [-0.3, -0.25) is 14.5 Å². The highest BCUT2D eigenvalue weighted by molar-refractivity contribution is 8.05. The lowest BCUT2D eigenvalue weighted by Gasteiger charge is -2.19. The van der Waals surface area contributed by atoms with Crippen LogP contribution in [0.1, 0.15) is 5.56 Å². The van der Waals surface area contributed by atoms with Crippen LogP contribution in [0.5, 0.6) is 5.75 Å². The molecule has 1 atom stereocenters. The number of amides is 2. The summed E-state index contributed by atoms with van der Waals surface area (Å²) in [7, 11) is 1.56. The van der Waals surface area contributed by atoms with Crippen molar-refractivity contribution in [1.82, 2.24) is 0 Å². The lowest BCUT2D eigenvalue weighted by molar-refractivity contribution is -0.117. The molecule has 33 heavy (non-hydrogen) atoms. The number of hydrogen-bond donors (Lipinski definition) is 1. The van der Waals surface area contributed by atoms with Crippen molar-refractivity contribution < 1.29 is 14.3 Å². The Morgan fingerprint density at radius 2 is 1.67 bits per heavy atom. The fraction of sp³-hybridized carbons (Fsp3) is 0.115. The molecule has 1 aliphatic rings. The minimum Gasteiger partial charge on any atom is -0.497 e. The van der Waals surface area contributed by atoms with Gasteiger partial charge in [0.2, 0.25) is 5.91 Å². The average molecular weight is 456 g/mol. The van der Waals surface area contributed by atoms with Gasteiger partial charge < -0.3 is 10.1 Å². The molecule has 6 nitrogen and oxygen atoms in total. The number of nitriles is 1. The summed E-state index contributed by atoms with van der Waals surface area (Å²) < 4.78 is 5.22. The second-order valence-electron chi connectivity index (χ2n) is 7.28. The standard InChI is InChI=1S/C26H21N3O3S/c1-32-21-14-12-20(13-15-21)29-25(31)23(16-18-8-4-2-5-9-18)33-26(29)22(17-27)24(30)28-19-10-6-3-7-11-19/h2-15,23H,16H2,1H3,(H,28,30)/b26-22-. The Bertz CT molecular complexity index is 1220. The molecule has 0 bridgehead atoms. The third-order valence-corrected chi connectivity index (χ3v) is 6.39. The number of rotatable bonds is 6. The number of carbonyl (C=O) groups is 2. The van der Waals surface area contributed by atoms with Crippen molar-refractivity contribution in [2.45, 2.75) is 11.7 Å². The summed E-state index contributed by atoms with van der Waals surface area (Å²) in [5, 5.41) is 12.5. The van der Waals surface area contributed by atoms with E-state index in [0.717, 1.165) is 5.56 Å². The summed E-state index contributed by atoms with van der Waals surface area (Å²) in [5.41, 5.74) is 2.04. The molecule has 3 aromatic rings. The number of benzene rings is 3. The zero-order valence-corrected chi connectivity index (χ0v) is 18.7. The van der Waals surface area contributed by atoms with E-state index in [1.165, 1.54) is 16.7 Å². The molecule has 1 unspecified atom stereocenters. The first-order valence-electron chi connectivity index (χ1n) is 10.3. The number of hydrogen-bond acceptors (Lipinski definition) is 5. The molecular weight excluding hydrogens is 434 g/mol. The van der Waals surface area contributed by atoms with Gasteiger partial charge in [-0.05, 0) is 48.4 Å². The van der Waals surface area contributed by atoms with Crippen molar-refractivity contribution in [2.24, 2.45) is 0 Å². The molecule has 2 amide bonds. The third kappa shape index (κ3) is 4.92. The van der Waals surface area contributed by atoms with E-state index >= 15 is 0 Å². The number of nitrogens with zero attached hydrogens (tertiary/aromatic N) is 2. The number of carbonyl (C=O) groups excluding carboxylic acids is 2. The van der Waals surface area contributed by atoms with Gasteiger partial charge in [0.15, 0.2) is 0 Å². The fourth-order valence-electron chi connectivity index (χ4n) is 3.50. The maximum Gasteiger partial charge on any atom is 0.269 e. The van der Waals surface area contributed by atoms with Crippen LogP contribution in [0.3, 0.4) is 0 Å². The van der Waals surface area contributed by atoms with Gasteiger partial charge in [-0.2, -0.15) is 5.26 Å². The molecule has 1 heterocycles. The Morgan fingerprint density at radius 3 is 2.27 bits per heavy atom. The Labute approximate surface area is 196 Å². The second-order valence-corrected chi connectivity index (χ2v) is 8.47. The van der Waals surface area contributed by atoms with Gasteiger partial charge in [-0.15, -0.1) is 0 Å². The summed E-state index contributed by atoms with van der Waals surface area (Å²) in [4.78, 5) is 28.0. The van der Waals surface area contributed by atoms with Crippen molar-refractivity contribution in [3.8, 4) is 11.8 Å². The SMILES string of the molecule is COc1ccc(N2C(=O)C(Cc3ccccc3)S/C2=C(/C#N)C(=O)Nc2ccccc2)cc1. The topological polar surface area (TPSA) is 82.4 Å².